The molecule has 0 aliphatic rings. The van der Waals surface area contributed by atoms with Crippen LogP contribution in [0.3, 0.4) is 0 Å². The lowest BCUT2D eigenvalue weighted by Gasteiger charge is -1.90. The zero-order valence-corrected chi connectivity index (χ0v) is 8.22. The molecule has 0 unspecified atom stereocenters. The van der Waals surface area contributed by atoms with E-state index in [-0.39, 0.29) is 7.43 Å². The highest BCUT2D eigenvalue weighted by atomic mass is 13.9. The average Bonchev–Trinajstić information content (AvgIpc) is 2.10. The van der Waals surface area contributed by atoms with Crippen LogP contribution in [0.15, 0.2) is 36.5 Å². The Balaban J connectivity index is -0.000000249. The minimum atomic E-state index is 0. The third-order valence-electron chi connectivity index (χ3n) is 1.23. The number of hydrogen-bond donors (Lipinski definition) is 0. The fourth-order valence-corrected chi connectivity index (χ4v) is 0.610. The normalized spacial score (nSPS) is 9.83. The maximum atomic E-state index is 3.59. The molecule has 0 aliphatic carbocycles. The Kier molecular flexibility index (Phi) is 24.1. The van der Waals surface area contributed by atoms with Gasteiger partial charge in [0.25, 0.3) is 0 Å². The van der Waals surface area contributed by atoms with Crippen molar-refractivity contribution in [3.8, 4) is 0 Å². The van der Waals surface area contributed by atoms with Crippen molar-refractivity contribution in [2.75, 3.05) is 0 Å². The SMILES string of the molecule is C.C=C/C=C\C(=C/C)CC.CC. The van der Waals surface area contributed by atoms with Gasteiger partial charge in [0.05, 0.1) is 0 Å². The predicted octanol–water partition coefficient (Wildman–Crippen LogP) is 4.75. The van der Waals surface area contributed by atoms with Crippen molar-refractivity contribution in [3.63, 3.8) is 0 Å². The maximum absolute atomic E-state index is 3.59. The molecule has 0 aromatic heterocycles. The quantitative estimate of drug-likeness (QED) is 0.534. The second-order valence-corrected chi connectivity index (χ2v) is 1.81. The number of rotatable bonds is 3. The fraction of sp³-hybridized carbons (Fsp3) is 0.500. The molecule has 0 fully saturated rings. The molecule has 0 amide bonds. The van der Waals surface area contributed by atoms with Crippen molar-refractivity contribution in [1.29, 1.82) is 0 Å². The molecule has 0 spiro atoms. The van der Waals surface area contributed by atoms with E-state index >= 15 is 0 Å². The van der Waals surface area contributed by atoms with Crippen LogP contribution < -0.4 is 0 Å². The predicted molar refractivity (Wildman–Crippen MR) is 61.5 cm³/mol. The number of hydrogen-bond acceptors (Lipinski definition) is 0. The molecule has 0 aliphatic heterocycles. The molecule has 0 heterocycles. The molecular formula is C12H24. The molecule has 0 radical (unpaired) electrons. The van der Waals surface area contributed by atoms with E-state index in [1.165, 1.54) is 5.57 Å². The summed E-state index contributed by atoms with van der Waals surface area (Å²) in [6.07, 6.45) is 9.03. The number of allylic oxidation sites excluding steroid dienone is 5. The van der Waals surface area contributed by atoms with Crippen LogP contribution in [-0.4, -0.2) is 0 Å². The molecule has 0 bridgehead atoms. The Bertz CT molecular complexity index is 127. The molecular weight excluding hydrogens is 144 g/mol. The lowest BCUT2D eigenvalue weighted by atomic mass is 10.2. The van der Waals surface area contributed by atoms with Gasteiger partial charge in [-0.25, -0.2) is 0 Å². The third-order valence-corrected chi connectivity index (χ3v) is 1.23. The Morgan fingerprint density at radius 2 is 1.83 bits per heavy atom. The van der Waals surface area contributed by atoms with Crippen molar-refractivity contribution in [2.45, 2.75) is 41.5 Å². The van der Waals surface area contributed by atoms with E-state index in [0.29, 0.717) is 0 Å². The van der Waals surface area contributed by atoms with Crippen LogP contribution in [0, 0.1) is 0 Å². The summed E-state index contributed by atoms with van der Waals surface area (Å²) in [7, 11) is 0. The van der Waals surface area contributed by atoms with Crippen molar-refractivity contribution >= 4 is 0 Å². The first-order valence-electron chi connectivity index (χ1n) is 4.29. The van der Waals surface area contributed by atoms with Gasteiger partial charge in [-0.05, 0) is 13.3 Å². The summed E-state index contributed by atoms with van der Waals surface area (Å²) in [6, 6.07) is 0. The Labute approximate surface area is 78.7 Å². The van der Waals surface area contributed by atoms with Crippen LogP contribution in [0.5, 0.6) is 0 Å². The first kappa shape index (κ1) is 17.3. The van der Waals surface area contributed by atoms with Crippen LogP contribution in [0.1, 0.15) is 41.5 Å². The zero-order chi connectivity index (χ0) is 9.11. The smallest absolute Gasteiger partial charge is 0.0311 e. The Morgan fingerprint density at radius 3 is 2.08 bits per heavy atom. The molecule has 0 heteroatoms. The van der Waals surface area contributed by atoms with Crippen LogP contribution in [-0.2, 0) is 0 Å². The summed E-state index contributed by atoms with van der Waals surface area (Å²) in [5.41, 5.74) is 1.36. The van der Waals surface area contributed by atoms with Gasteiger partial charge >= 0.3 is 0 Å². The van der Waals surface area contributed by atoms with Crippen LogP contribution in [0.2, 0.25) is 0 Å². The molecule has 0 saturated carbocycles. The largest absolute Gasteiger partial charge is 0.0991 e. The second-order valence-electron chi connectivity index (χ2n) is 1.81. The lowest BCUT2D eigenvalue weighted by molar-refractivity contribution is 1.14. The molecule has 0 saturated heterocycles. The lowest BCUT2D eigenvalue weighted by Crippen LogP contribution is -1.69. The summed E-state index contributed by atoms with van der Waals surface area (Å²) in [5, 5.41) is 0. The van der Waals surface area contributed by atoms with E-state index in [1.54, 1.807) is 6.08 Å². The van der Waals surface area contributed by atoms with Gasteiger partial charge in [0.15, 0.2) is 0 Å². The topological polar surface area (TPSA) is 0 Å². The van der Waals surface area contributed by atoms with E-state index in [0.717, 1.165) is 6.42 Å². The summed E-state index contributed by atoms with van der Waals surface area (Å²) in [4.78, 5) is 0. The van der Waals surface area contributed by atoms with E-state index < -0.39 is 0 Å². The van der Waals surface area contributed by atoms with Gasteiger partial charge in [-0.3, -0.25) is 0 Å². The minimum Gasteiger partial charge on any atom is -0.0991 e. The highest BCUT2D eigenvalue weighted by molar-refractivity contribution is 5.20. The van der Waals surface area contributed by atoms with Crippen LogP contribution in [0.4, 0.5) is 0 Å². The van der Waals surface area contributed by atoms with E-state index in [1.807, 2.05) is 26.8 Å². The van der Waals surface area contributed by atoms with Gasteiger partial charge in [0.2, 0.25) is 0 Å². The molecule has 0 rings (SSSR count). The van der Waals surface area contributed by atoms with E-state index in [9.17, 15) is 0 Å². The molecule has 0 nitrogen and oxygen atoms in total. The van der Waals surface area contributed by atoms with Gasteiger partial charge in [0.1, 0.15) is 0 Å². The first-order valence-corrected chi connectivity index (χ1v) is 4.29. The molecule has 72 valence electrons. The van der Waals surface area contributed by atoms with Gasteiger partial charge < -0.3 is 0 Å². The summed E-state index contributed by atoms with van der Waals surface area (Å²) >= 11 is 0. The van der Waals surface area contributed by atoms with E-state index in [2.05, 4.69) is 25.7 Å². The molecule has 0 aromatic carbocycles. The third kappa shape index (κ3) is 12.0. The van der Waals surface area contributed by atoms with Gasteiger partial charge in [-0.15, -0.1) is 0 Å². The highest BCUT2D eigenvalue weighted by Gasteiger charge is 1.80. The van der Waals surface area contributed by atoms with E-state index in [4.69, 9.17) is 0 Å². The summed E-state index contributed by atoms with van der Waals surface area (Å²) < 4.78 is 0. The molecule has 0 aromatic rings. The van der Waals surface area contributed by atoms with Gasteiger partial charge in [-0.2, -0.15) is 0 Å². The molecule has 0 atom stereocenters. The summed E-state index contributed by atoms with van der Waals surface area (Å²) in [6.45, 7) is 11.8. The van der Waals surface area contributed by atoms with Crippen LogP contribution in [0.25, 0.3) is 0 Å². The standard InChI is InChI=1S/C9H14.C2H6.CH4/c1-4-7-8-9(5-2)6-3;1-2;/h4-5,7-8H,1,6H2,2-3H3;1-2H3;1H4/b8-7-,9-5-;;. The highest BCUT2D eigenvalue weighted by Crippen LogP contribution is 2.00. The van der Waals surface area contributed by atoms with Crippen LogP contribution >= 0.6 is 0 Å². The summed E-state index contributed by atoms with van der Waals surface area (Å²) in [5.74, 6) is 0. The average molecular weight is 168 g/mol. The monoisotopic (exact) mass is 168 g/mol. The Hall–Kier alpha value is -0.780. The first-order chi connectivity index (χ1) is 5.35. The Morgan fingerprint density at radius 1 is 1.33 bits per heavy atom. The zero-order valence-electron chi connectivity index (χ0n) is 8.22. The van der Waals surface area contributed by atoms with Crippen molar-refractivity contribution in [2.24, 2.45) is 0 Å². The van der Waals surface area contributed by atoms with Crippen molar-refractivity contribution in [3.05, 3.63) is 36.5 Å². The van der Waals surface area contributed by atoms with Crippen molar-refractivity contribution < 1.29 is 0 Å². The van der Waals surface area contributed by atoms with Gasteiger partial charge in [-0.1, -0.05) is 64.7 Å². The van der Waals surface area contributed by atoms with Gasteiger partial charge in [0, 0.05) is 0 Å². The molecule has 12 heavy (non-hydrogen) atoms. The molecule has 0 N–H and O–H groups in total. The second kappa shape index (κ2) is 16.7. The van der Waals surface area contributed by atoms with Crippen molar-refractivity contribution in [1.82, 2.24) is 0 Å². The maximum Gasteiger partial charge on any atom is -0.0311 e. The fourth-order valence-electron chi connectivity index (χ4n) is 0.610. The minimum absolute atomic E-state index is 0.